The summed E-state index contributed by atoms with van der Waals surface area (Å²) in [6.45, 7) is 6.10. The van der Waals surface area contributed by atoms with Crippen LogP contribution in [0.25, 0.3) is 15.9 Å². The lowest BCUT2D eigenvalue weighted by atomic mass is 10.1. The average molecular weight is 399 g/mol. The Labute approximate surface area is 161 Å². The average Bonchev–Trinajstić information content (AvgIpc) is 3.05. The second-order valence-electron chi connectivity index (χ2n) is 6.48. The van der Waals surface area contributed by atoms with Crippen LogP contribution < -0.4 is 11.1 Å². The summed E-state index contributed by atoms with van der Waals surface area (Å²) < 4.78 is 1.82. The monoisotopic (exact) mass is 398 g/mol. The third kappa shape index (κ3) is 4.33. The number of hydrogen-bond acceptors (Lipinski definition) is 4. The van der Waals surface area contributed by atoms with Crippen LogP contribution in [0, 0.1) is 6.92 Å². The summed E-state index contributed by atoms with van der Waals surface area (Å²) in [7, 11) is 0. The van der Waals surface area contributed by atoms with E-state index < -0.39 is 5.54 Å². The lowest BCUT2D eigenvalue weighted by Crippen LogP contribution is -2.44. The minimum absolute atomic E-state index is 0. The number of rotatable bonds is 4. The molecule has 134 valence electrons. The predicted molar refractivity (Wildman–Crippen MR) is 107 cm³/mol. The van der Waals surface area contributed by atoms with Gasteiger partial charge in [0, 0.05) is 22.5 Å². The van der Waals surface area contributed by atoms with Crippen LogP contribution in [0.5, 0.6) is 0 Å². The molecule has 0 saturated carbocycles. The summed E-state index contributed by atoms with van der Waals surface area (Å²) in [4.78, 5) is 13.9. The smallest absolute Gasteiger partial charge is 0.261 e. The van der Waals surface area contributed by atoms with Gasteiger partial charge in [-0.3, -0.25) is 4.79 Å². The van der Waals surface area contributed by atoms with E-state index in [0.717, 1.165) is 21.6 Å². The highest BCUT2D eigenvalue weighted by molar-refractivity contribution is 7.20. The van der Waals surface area contributed by atoms with Crippen LogP contribution in [0.1, 0.15) is 29.2 Å². The number of hydrogen-bond donors (Lipinski definition) is 2. The van der Waals surface area contributed by atoms with Crippen LogP contribution >= 0.6 is 35.3 Å². The Balaban J connectivity index is 0.00000225. The van der Waals surface area contributed by atoms with Crippen LogP contribution in [0.15, 0.2) is 30.3 Å². The highest BCUT2D eigenvalue weighted by Crippen LogP contribution is 2.30. The molecule has 0 fully saturated rings. The van der Waals surface area contributed by atoms with Gasteiger partial charge in [-0.05, 0) is 45.0 Å². The Hall–Kier alpha value is -1.60. The lowest BCUT2D eigenvalue weighted by molar-refractivity contribution is 0.0950. The second kappa shape index (κ2) is 7.33. The highest BCUT2D eigenvalue weighted by atomic mass is 35.5. The normalized spacial score (nSPS) is 11.4. The molecule has 3 N–H and O–H groups in total. The predicted octanol–water partition coefficient (Wildman–Crippen LogP) is 3.94. The van der Waals surface area contributed by atoms with Crippen molar-refractivity contribution >= 4 is 51.5 Å². The SMILES string of the molecule is Cc1nn(-c2cccc(Cl)c2)c2sc(C(=O)NCC(C)(C)N)cc12.Cl. The molecule has 1 amide bonds. The van der Waals surface area contributed by atoms with Gasteiger partial charge in [0.2, 0.25) is 0 Å². The molecule has 0 aliphatic rings. The molecular weight excluding hydrogens is 379 g/mol. The third-order valence-corrected chi connectivity index (χ3v) is 4.87. The fourth-order valence-corrected chi connectivity index (χ4v) is 3.62. The molecule has 0 saturated heterocycles. The summed E-state index contributed by atoms with van der Waals surface area (Å²) in [6.07, 6.45) is 0. The first kappa shape index (κ1) is 19.7. The van der Waals surface area contributed by atoms with Crippen molar-refractivity contribution in [3.05, 3.63) is 45.9 Å². The maximum absolute atomic E-state index is 12.4. The van der Waals surface area contributed by atoms with Crippen LogP contribution in [-0.4, -0.2) is 27.8 Å². The van der Waals surface area contributed by atoms with E-state index in [2.05, 4.69) is 10.4 Å². The molecule has 5 nitrogen and oxygen atoms in total. The molecule has 25 heavy (non-hydrogen) atoms. The van der Waals surface area contributed by atoms with E-state index in [1.54, 1.807) is 0 Å². The summed E-state index contributed by atoms with van der Waals surface area (Å²) in [5.41, 5.74) is 7.22. The Kier molecular flexibility index (Phi) is 5.79. The quantitative estimate of drug-likeness (QED) is 0.698. The van der Waals surface area contributed by atoms with Gasteiger partial charge in [0.05, 0.1) is 16.3 Å². The number of nitrogens with one attached hydrogen (secondary N) is 1. The minimum atomic E-state index is -0.445. The van der Waals surface area contributed by atoms with Crippen LogP contribution in [0.2, 0.25) is 5.02 Å². The van der Waals surface area contributed by atoms with Crippen molar-refractivity contribution in [2.45, 2.75) is 26.3 Å². The van der Waals surface area contributed by atoms with Crippen LogP contribution in [0.3, 0.4) is 0 Å². The maximum atomic E-state index is 12.4. The number of nitrogens with zero attached hydrogens (tertiary/aromatic N) is 2. The number of nitrogens with two attached hydrogens (primary N) is 1. The van der Waals surface area contributed by atoms with Gasteiger partial charge >= 0.3 is 0 Å². The molecule has 2 heterocycles. The molecule has 8 heteroatoms. The molecule has 1 aromatic carbocycles. The van der Waals surface area contributed by atoms with E-state index in [1.165, 1.54) is 11.3 Å². The van der Waals surface area contributed by atoms with Crippen LogP contribution in [0.4, 0.5) is 0 Å². The topological polar surface area (TPSA) is 72.9 Å². The number of carbonyl (C=O) groups is 1. The summed E-state index contributed by atoms with van der Waals surface area (Å²) in [6, 6.07) is 9.37. The summed E-state index contributed by atoms with van der Waals surface area (Å²) in [5.74, 6) is -0.119. The largest absolute Gasteiger partial charge is 0.350 e. The first-order chi connectivity index (χ1) is 11.2. The Bertz CT molecular complexity index is 911. The Morgan fingerprint density at radius 1 is 1.40 bits per heavy atom. The lowest BCUT2D eigenvalue weighted by Gasteiger charge is -2.18. The molecule has 0 aliphatic heterocycles. The zero-order valence-corrected chi connectivity index (χ0v) is 16.6. The van der Waals surface area contributed by atoms with Gasteiger partial charge in [-0.25, -0.2) is 4.68 Å². The zero-order chi connectivity index (χ0) is 17.5. The van der Waals surface area contributed by atoms with E-state index in [-0.39, 0.29) is 18.3 Å². The van der Waals surface area contributed by atoms with Crippen molar-refractivity contribution in [3.8, 4) is 5.69 Å². The van der Waals surface area contributed by atoms with Gasteiger partial charge in [-0.2, -0.15) is 5.10 Å². The molecule has 0 spiro atoms. The van der Waals surface area contributed by atoms with Crippen molar-refractivity contribution in [3.63, 3.8) is 0 Å². The molecule has 0 unspecified atom stereocenters. The number of aromatic nitrogens is 2. The first-order valence-electron chi connectivity index (χ1n) is 7.57. The molecular formula is C17H20Cl2N4OS. The van der Waals surface area contributed by atoms with E-state index in [9.17, 15) is 4.79 Å². The fourth-order valence-electron chi connectivity index (χ4n) is 2.34. The summed E-state index contributed by atoms with van der Waals surface area (Å²) >= 11 is 7.49. The molecule has 3 rings (SSSR count). The molecule has 0 bridgehead atoms. The number of halogens is 2. The number of aryl methyl sites for hydroxylation is 1. The van der Waals surface area contributed by atoms with Gasteiger partial charge in [-0.1, -0.05) is 17.7 Å². The van der Waals surface area contributed by atoms with Gasteiger partial charge in [0.25, 0.3) is 5.91 Å². The van der Waals surface area contributed by atoms with Crippen molar-refractivity contribution in [2.24, 2.45) is 5.73 Å². The van der Waals surface area contributed by atoms with Gasteiger partial charge in [-0.15, -0.1) is 23.7 Å². The molecule has 0 radical (unpaired) electrons. The Morgan fingerprint density at radius 2 is 2.12 bits per heavy atom. The van der Waals surface area contributed by atoms with Crippen molar-refractivity contribution in [2.75, 3.05) is 6.54 Å². The number of amides is 1. The standard InChI is InChI=1S/C17H19ClN4OS.ClH/c1-10-13-8-14(15(23)20-9-17(2,3)19)24-16(13)22(21-10)12-6-4-5-11(18)7-12;/h4-8H,9,19H2,1-3H3,(H,20,23);1H. The van der Waals surface area contributed by atoms with Crippen molar-refractivity contribution in [1.82, 2.24) is 15.1 Å². The highest BCUT2D eigenvalue weighted by Gasteiger charge is 2.19. The van der Waals surface area contributed by atoms with Crippen LogP contribution in [-0.2, 0) is 0 Å². The van der Waals surface area contributed by atoms with E-state index >= 15 is 0 Å². The second-order valence-corrected chi connectivity index (χ2v) is 7.94. The zero-order valence-electron chi connectivity index (χ0n) is 14.2. The number of benzene rings is 1. The Morgan fingerprint density at radius 3 is 2.76 bits per heavy atom. The van der Waals surface area contributed by atoms with Crippen molar-refractivity contribution in [1.29, 1.82) is 0 Å². The van der Waals surface area contributed by atoms with Gasteiger partial charge in [0.15, 0.2) is 0 Å². The number of carbonyl (C=O) groups excluding carboxylic acids is 1. The van der Waals surface area contributed by atoms with E-state index in [0.29, 0.717) is 16.4 Å². The van der Waals surface area contributed by atoms with Gasteiger partial charge in [0.1, 0.15) is 4.83 Å². The minimum Gasteiger partial charge on any atom is -0.350 e. The van der Waals surface area contributed by atoms with E-state index in [1.807, 2.05) is 55.8 Å². The number of thiophene rings is 1. The molecule has 0 atom stereocenters. The molecule has 2 aromatic heterocycles. The molecule has 0 aliphatic carbocycles. The van der Waals surface area contributed by atoms with E-state index in [4.69, 9.17) is 17.3 Å². The fraction of sp³-hybridized carbons (Fsp3) is 0.294. The molecule has 3 aromatic rings. The maximum Gasteiger partial charge on any atom is 0.261 e. The third-order valence-electron chi connectivity index (χ3n) is 3.53. The first-order valence-corrected chi connectivity index (χ1v) is 8.76. The van der Waals surface area contributed by atoms with Gasteiger partial charge < -0.3 is 11.1 Å². The summed E-state index contributed by atoms with van der Waals surface area (Å²) in [5, 5.41) is 9.05. The van der Waals surface area contributed by atoms with Crippen molar-refractivity contribution < 1.29 is 4.79 Å². The number of fused-ring (bicyclic) bond motifs is 1.